The van der Waals surface area contributed by atoms with Gasteiger partial charge >= 0.3 is 5.63 Å². The second-order valence-corrected chi connectivity index (χ2v) is 5.69. The van der Waals surface area contributed by atoms with E-state index in [4.69, 9.17) is 9.68 Å². The molecular weight excluding hydrogens is 360 g/mol. The minimum Gasteiger partial charge on any atom is -0.417 e. The van der Waals surface area contributed by atoms with Gasteiger partial charge in [-0.25, -0.2) is 4.79 Å². The smallest absolute Gasteiger partial charge is 0.344 e. The number of nitrogens with one attached hydrogen (secondary N) is 1. The van der Waals surface area contributed by atoms with E-state index in [0.717, 1.165) is 4.47 Å². The minimum absolute atomic E-state index is 0.0906. The molecular formula is C17H9BrN2O3. The van der Waals surface area contributed by atoms with Crippen molar-refractivity contribution in [3.63, 3.8) is 0 Å². The first-order valence-corrected chi connectivity index (χ1v) is 7.41. The van der Waals surface area contributed by atoms with Gasteiger partial charge in [-0.2, -0.15) is 5.26 Å². The number of hydrogen-bond donors (Lipinski definition) is 1. The molecule has 3 aromatic rings. The van der Waals surface area contributed by atoms with Crippen molar-refractivity contribution in [2.24, 2.45) is 0 Å². The molecule has 0 atom stereocenters. The van der Waals surface area contributed by atoms with Gasteiger partial charge in [-0.3, -0.25) is 4.79 Å². The maximum absolute atomic E-state index is 12.2. The number of fused-ring (bicyclic) bond motifs is 1. The Hall–Kier alpha value is -2.91. The molecule has 1 amide bonds. The Labute approximate surface area is 139 Å². The number of hydrogen-bond acceptors (Lipinski definition) is 4. The predicted octanol–water partition coefficient (Wildman–Crippen LogP) is 3.68. The Morgan fingerprint density at radius 3 is 2.78 bits per heavy atom. The quantitative estimate of drug-likeness (QED) is 0.747. The molecule has 0 spiro atoms. The third-order valence-corrected chi connectivity index (χ3v) is 3.69. The van der Waals surface area contributed by atoms with Gasteiger partial charge in [-0.15, -0.1) is 0 Å². The van der Waals surface area contributed by atoms with Crippen LogP contribution in [0, 0.1) is 11.3 Å². The van der Waals surface area contributed by atoms with Gasteiger partial charge in [-0.1, -0.05) is 28.1 Å². The number of amides is 1. The Morgan fingerprint density at radius 1 is 1.17 bits per heavy atom. The Balaban J connectivity index is 1.96. The summed E-state index contributed by atoms with van der Waals surface area (Å²) in [6, 6.07) is 15.1. The largest absolute Gasteiger partial charge is 0.417 e. The molecule has 0 bridgehead atoms. The molecule has 1 heterocycles. The molecule has 3 rings (SSSR count). The number of anilines is 1. The zero-order valence-corrected chi connectivity index (χ0v) is 13.3. The zero-order valence-electron chi connectivity index (χ0n) is 11.7. The van der Waals surface area contributed by atoms with Crippen molar-refractivity contribution >= 4 is 38.3 Å². The number of benzene rings is 2. The van der Waals surface area contributed by atoms with E-state index in [2.05, 4.69) is 21.2 Å². The molecule has 0 radical (unpaired) electrons. The summed E-state index contributed by atoms with van der Waals surface area (Å²) in [6.07, 6.45) is 0. The van der Waals surface area contributed by atoms with E-state index in [-0.39, 0.29) is 5.76 Å². The third kappa shape index (κ3) is 3.15. The van der Waals surface area contributed by atoms with E-state index in [1.807, 2.05) is 6.07 Å². The van der Waals surface area contributed by atoms with Crippen LogP contribution in [0.3, 0.4) is 0 Å². The molecule has 0 unspecified atom stereocenters. The van der Waals surface area contributed by atoms with Gasteiger partial charge in [0.15, 0.2) is 5.76 Å². The maximum Gasteiger partial charge on any atom is 0.344 e. The summed E-state index contributed by atoms with van der Waals surface area (Å²) < 4.78 is 5.84. The van der Waals surface area contributed by atoms with Crippen molar-refractivity contribution in [1.82, 2.24) is 0 Å². The average Bonchev–Trinajstić information content (AvgIpc) is 2.55. The van der Waals surface area contributed by atoms with Gasteiger partial charge in [0.05, 0.1) is 17.0 Å². The van der Waals surface area contributed by atoms with E-state index in [1.165, 1.54) is 12.1 Å². The summed E-state index contributed by atoms with van der Waals surface area (Å²) in [7, 11) is 0. The van der Waals surface area contributed by atoms with Crippen LogP contribution in [0.1, 0.15) is 16.1 Å². The molecule has 1 N–H and O–H groups in total. The van der Waals surface area contributed by atoms with E-state index >= 15 is 0 Å². The van der Waals surface area contributed by atoms with Crippen molar-refractivity contribution in [3.05, 3.63) is 74.7 Å². The molecule has 2 aromatic carbocycles. The molecule has 23 heavy (non-hydrogen) atoms. The van der Waals surface area contributed by atoms with Crippen LogP contribution in [0.25, 0.3) is 10.8 Å². The lowest BCUT2D eigenvalue weighted by atomic mass is 10.1. The highest BCUT2D eigenvalue weighted by molar-refractivity contribution is 9.10. The van der Waals surface area contributed by atoms with Gasteiger partial charge in [0, 0.05) is 10.2 Å². The first-order chi connectivity index (χ1) is 11.1. The summed E-state index contributed by atoms with van der Waals surface area (Å²) >= 11 is 3.29. The lowest BCUT2D eigenvalue weighted by Crippen LogP contribution is -2.15. The first-order valence-electron chi connectivity index (χ1n) is 6.62. The monoisotopic (exact) mass is 368 g/mol. The van der Waals surface area contributed by atoms with Crippen molar-refractivity contribution < 1.29 is 9.21 Å². The summed E-state index contributed by atoms with van der Waals surface area (Å²) in [4.78, 5) is 24.2. The maximum atomic E-state index is 12.2. The lowest BCUT2D eigenvalue weighted by molar-refractivity contribution is 0.0993. The van der Waals surface area contributed by atoms with Crippen molar-refractivity contribution in [3.8, 4) is 6.07 Å². The van der Waals surface area contributed by atoms with Crippen LogP contribution in [-0.4, -0.2) is 5.91 Å². The molecule has 5 nitrogen and oxygen atoms in total. The normalized spacial score (nSPS) is 10.3. The van der Waals surface area contributed by atoms with Crippen molar-refractivity contribution in [1.29, 1.82) is 5.26 Å². The zero-order chi connectivity index (χ0) is 16.4. The minimum atomic E-state index is -0.584. The number of carbonyl (C=O) groups is 1. The number of carbonyl (C=O) groups excluding carboxylic acids is 1. The lowest BCUT2D eigenvalue weighted by Gasteiger charge is -2.05. The van der Waals surface area contributed by atoms with E-state index in [0.29, 0.717) is 22.0 Å². The SMILES string of the molecule is N#Cc1cccc(NC(=O)c2cc3ccc(Br)cc3c(=O)o2)c1. The molecule has 0 aliphatic carbocycles. The number of nitriles is 1. The Kier molecular flexibility index (Phi) is 3.96. The van der Waals surface area contributed by atoms with Crippen LogP contribution in [0.4, 0.5) is 5.69 Å². The van der Waals surface area contributed by atoms with Crippen LogP contribution in [0.5, 0.6) is 0 Å². The highest BCUT2D eigenvalue weighted by Gasteiger charge is 2.13. The van der Waals surface area contributed by atoms with Crippen LogP contribution in [0.2, 0.25) is 0 Å². The summed E-state index contributed by atoms with van der Waals surface area (Å²) in [5.74, 6) is -0.644. The van der Waals surface area contributed by atoms with Gasteiger partial charge in [0.25, 0.3) is 5.91 Å². The van der Waals surface area contributed by atoms with Gasteiger partial charge in [-0.05, 0) is 41.8 Å². The Bertz CT molecular complexity index is 1020. The van der Waals surface area contributed by atoms with Gasteiger partial charge in [0.2, 0.25) is 0 Å². The summed E-state index contributed by atoms with van der Waals surface area (Å²) in [5.41, 5.74) is 0.292. The van der Waals surface area contributed by atoms with Crippen molar-refractivity contribution in [2.75, 3.05) is 5.32 Å². The molecule has 0 aliphatic heterocycles. The topological polar surface area (TPSA) is 83.1 Å². The highest BCUT2D eigenvalue weighted by Crippen LogP contribution is 2.19. The highest BCUT2D eigenvalue weighted by atomic mass is 79.9. The molecule has 0 fully saturated rings. The fourth-order valence-corrected chi connectivity index (χ4v) is 2.49. The number of halogens is 1. The van der Waals surface area contributed by atoms with Crippen LogP contribution >= 0.6 is 15.9 Å². The summed E-state index contributed by atoms with van der Waals surface area (Å²) in [5, 5.41) is 12.5. The summed E-state index contributed by atoms with van der Waals surface area (Å²) in [6.45, 7) is 0. The fourth-order valence-electron chi connectivity index (χ4n) is 2.13. The van der Waals surface area contributed by atoms with Crippen LogP contribution in [-0.2, 0) is 0 Å². The van der Waals surface area contributed by atoms with Crippen LogP contribution in [0.15, 0.2) is 62.2 Å². The molecule has 1 aromatic heterocycles. The van der Waals surface area contributed by atoms with Gasteiger partial charge < -0.3 is 9.73 Å². The van der Waals surface area contributed by atoms with Crippen LogP contribution < -0.4 is 10.9 Å². The second kappa shape index (κ2) is 6.07. The number of nitrogens with zero attached hydrogens (tertiary/aromatic N) is 1. The van der Waals surface area contributed by atoms with E-state index in [1.54, 1.807) is 36.4 Å². The molecule has 0 saturated heterocycles. The number of rotatable bonds is 2. The second-order valence-electron chi connectivity index (χ2n) is 4.78. The molecule has 112 valence electrons. The fraction of sp³-hybridized carbons (Fsp3) is 0. The Morgan fingerprint density at radius 2 is 2.00 bits per heavy atom. The third-order valence-electron chi connectivity index (χ3n) is 3.20. The average molecular weight is 369 g/mol. The van der Waals surface area contributed by atoms with E-state index < -0.39 is 11.5 Å². The molecule has 0 saturated carbocycles. The molecule has 6 heteroatoms. The van der Waals surface area contributed by atoms with E-state index in [9.17, 15) is 9.59 Å². The molecule has 0 aliphatic rings. The first kappa shape index (κ1) is 15.0. The standard InChI is InChI=1S/C17H9BrN2O3/c18-12-5-4-11-7-15(23-17(22)14(11)8-12)16(21)20-13-3-1-2-10(6-13)9-19/h1-8H,(H,20,21). The van der Waals surface area contributed by atoms with Gasteiger partial charge in [0.1, 0.15) is 0 Å². The van der Waals surface area contributed by atoms with Crippen molar-refractivity contribution in [2.45, 2.75) is 0 Å². The predicted molar refractivity (Wildman–Crippen MR) is 89.3 cm³/mol.